The molecule has 2 aromatic rings. The highest BCUT2D eigenvalue weighted by atomic mass is 35.5. The van der Waals surface area contributed by atoms with Gasteiger partial charge in [0.15, 0.2) is 0 Å². The average Bonchev–Trinajstić information content (AvgIpc) is 2.42. The lowest BCUT2D eigenvalue weighted by molar-refractivity contribution is 0.102. The Labute approximate surface area is 122 Å². The second kappa shape index (κ2) is 6.09. The van der Waals surface area contributed by atoms with Crippen molar-refractivity contribution in [3.05, 3.63) is 63.6 Å². The summed E-state index contributed by atoms with van der Waals surface area (Å²) in [7, 11) is 0. The zero-order chi connectivity index (χ0) is 13.8. The molecule has 0 heterocycles. The fourth-order valence-electron chi connectivity index (χ4n) is 1.69. The van der Waals surface area contributed by atoms with Crippen LogP contribution in [0.2, 0.25) is 10.0 Å². The van der Waals surface area contributed by atoms with Crippen molar-refractivity contribution in [2.75, 3.05) is 5.32 Å². The third-order valence-electron chi connectivity index (χ3n) is 2.79. The van der Waals surface area contributed by atoms with Crippen LogP contribution < -0.4 is 5.32 Å². The first kappa shape index (κ1) is 13.9. The topological polar surface area (TPSA) is 29.1 Å². The number of hydrogen-bond acceptors (Lipinski definition) is 1. The minimum absolute atomic E-state index is 0.267. The fourth-order valence-corrected chi connectivity index (χ4v) is 2.07. The summed E-state index contributed by atoms with van der Waals surface area (Å²) in [5.41, 5.74) is 2.32. The van der Waals surface area contributed by atoms with Gasteiger partial charge in [-0.3, -0.25) is 4.79 Å². The normalized spacial score (nSPS) is 10.3. The summed E-state index contributed by atoms with van der Waals surface area (Å²) in [5, 5.41) is 3.66. The third-order valence-corrected chi connectivity index (χ3v) is 3.36. The smallest absolute Gasteiger partial charge is 0.257 e. The maximum atomic E-state index is 12.1. The van der Waals surface area contributed by atoms with E-state index in [1.807, 2.05) is 24.3 Å². The first-order chi connectivity index (χ1) is 9.10. The summed E-state index contributed by atoms with van der Waals surface area (Å²) in [6, 6.07) is 12.5. The summed E-state index contributed by atoms with van der Waals surface area (Å²) in [5.74, 6) is -0.267. The average molecular weight is 294 g/mol. The van der Waals surface area contributed by atoms with Crippen molar-refractivity contribution in [1.82, 2.24) is 0 Å². The number of rotatable bonds is 3. The van der Waals surface area contributed by atoms with E-state index in [0.29, 0.717) is 15.6 Å². The standard InChI is InChI=1S/C15H13Cl2NO/c1-2-10-3-6-12(7-4-10)18-15(19)13-9-11(16)5-8-14(13)17/h3-9H,2H2,1H3,(H,18,19). The monoisotopic (exact) mass is 293 g/mol. The van der Waals surface area contributed by atoms with E-state index in [4.69, 9.17) is 23.2 Å². The molecule has 0 aliphatic rings. The van der Waals surface area contributed by atoms with Crippen LogP contribution in [0, 0.1) is 0 Å². The number of nitrogens with one attached hydrogen (secondary N) is 1. The van der Waals surface area contributed by atoms with Crippen molar-refractivity contribution in [3.8, 4) is 0 Å². The molecule has 0 saturated carbocycles. The van der Waals surface area contributed by atoms with Gasteiger partial charge in [0.05, 0.1) is 10.6 Å². The second-order valence-electron chi connectivity index (χ2n) is 4.13. The lowest BCUT2D eigenvalue weighted by atomic mass is 10.1. The van der Waals surface area contributed by atoms with Crippen LogP contribution in [0.3, 0.4) is 0 Å². The van der Waals surface area contributed by atoms with Gasteiger partial charge in [-0.2, -0.15) is 0 Å². The molecule has 0 atom stereocenters. The van der Waals surface area contributed by atoms with Crippen LogP contribution in [0.25, 0.3) is 0 Å². The maximum Gasteiger partial charge on any atom is 0.257 e. The zero-order valence-corrected chi connectivity index (χ0v) is 11.9. The Hall–Kier alpha value is -1.51. The third kappa shape index (κ3) is 3.49. The molecule has 0 unspecified atom stereocenters. The second-order valence-corrected chi connectivity index (χ2v) is 4.97. The van der Waals surface area contributed by atoms with Crippen LogP contribution >= 0.6 is 23.2 Å². The van der Waals surface area contributed by atoms with Crippen LogP contribution in [-0.4, -0.2) is 5.91 Å². The number of anilines is 1. The van der Waals surface area contributed by atoms with Gasteiger partial charge in [0.25, 0.3) is 5.91 Å². The van der Waals surface area contributed by atoms with E-state index in [9.17, 15) is 4.79 Å². The predicted molar refractivity (Wildman–Crippen MR) is 80.2 cm³/mol. The van der Waals surface area contributed by atoms with E-state index in [1.165, 1.54) is 5.56 Å². The quantitative estimate of drug-likeness (QED) is 0.865. The molecule has 0 aliphatic carbocycles. The summed E-state index contributed by atoms with van der Waals surface area (Å²) in [4.78, 5) is 12.1. The summed E-state index contributed by atoms with van der Waals surface area (Å²) >= 11 is 11.9. The number of aryl methyl sites for hydroxylation is 1. The molecule has 0 aromatic heterocycles. The molecule has 2 aromatic carbocycles. The molecule has 0 saturated heterocycles. The van der Waals surface area contributed by atoms with Crippen LogP contribution in [0.1, 0.15) is 22.8 Å². The van der Waals surface area contributed by atoms with Crippen molar-refractivity contribution in [3.63, 3.8) is 0 Å². The van der Waals surface area contributed by atoms with Crippen LogP contribution in [0.15, 0.2) is 42.5 Å². The van der Waals surface area contributed by atoms with E-state index >= 15 is 0 Å². The van der Waals surface area contributed by atoms with Crippen molar-refractivity contribution in [2.45, 2.75) is 13.3 Å². The SMILES string of the molecule is CCc1ccc(NC(=O)c2cc(Cl)ccc2Cl)cc1. The van der Waals surface area contributed by atoms with Gasteiger partial charge < -0.3 is 5.32 Å². The molecule has 0 spiro atoms. The largest absolute Gasteiger partial charge is 0.322 e. The first-order valence-electron chi connectivity index (χ1n) is 5.95. The van der Waals surface area contributed by atoms with Gasteiger partial charge in [-0.15, -0.1) is 0 Å². The number of carbonyl (C=O) groups is 1. The Morgan fingerprint density at radius 1 is 1.11 bits per heavy atom. The van der Waals surface area contributed by atoms with Crippen molar-refractivity contribution in [2.24, 2.45) is 0 Å². The zero-order valence-electron chi connectivity index (χ0n) is 10.4. The van der Waals surface area contributed by atoms with Gasteiger partial charge in [-0.05, 0) is 42.3 Å². The van der Waals surface area contributed by atoms with Gasteiger partial charge in [0, 0.05) is 10.7 Å². The molecule has 98 valence electrons. The van der Waals surface area contributed by atoms with Crippen LogP contribution in [-0.2, 0) is 6.42 Å². The molecule has 0 aliphatic heterocycles. The number of benzene rings is 2. The molecule has 19 heavy (non-hydrogen) atoms. The number of halogens is 2. The molecular formula is C15H13Cl2NO. The van der Waals surface area contributed by atoms with E-state index < -0.39 is 0 Å². The summed E-state index contributed by atoms with van der Waals surface area (Å²) in [6.45, 7) is 2.08. The van der Waals surface area contributed by atoms with Gasteiger partial charge >= 0.3 is 0 Å². The minimum atomic E-state index is -0.267. The molecule has 1 N–H and O–H groups in total. The Kier molecular flexibility index (Phi) is 4.46. The fraction of sp³-hybridized carbons (Fsp3) is 0.133. The Balaban J connectivity index is 2.18. The molecular weight excluding hydrogens is 281 g/mol. The lowest BCUT2D eigenvalue weighted by Crippen LogP contribution is -2.12. The molecule has 4 heteroatoms. The van der Waals surface area contributed by atoms with Crippen molar-refractivity contribution < 1.29 is 4.79 Å². The summed E-state index contributed by atoms with van der Waals surface area (Å²) < 4.78 is 0. The minimum Gasteiger partial charge on any atom is -0.322 e. The van der Waals surface area contributed by atoms with E-state index in [2.05, 4.69) is 12.2 Å². The molecule has 2 rings (SSSR count). The Morgan fingerprint density at radius 2 is 1.79 bits per heavy atom. The molecule has 0 radical (unpaired) electrons. The van der Waals surface area contributed by atoms with Crippen LogP contribution in [0.5, 0.6) is 0 Å². The number of amides is 1. The molecule has 0 bridgehead atoms. The molecule has 1 amide bonds. The highest BCUT2D eigenvalue weighted by Gasteiger charge is 2.11. The van der Waals surface area contributed by atoms with E-state index in [0.717, 1.165) is 12.1 Å². The van der Waals surface area contributed by atoms with Gasteiger partial charge in [0.2, 0.25) is 0 Å². The van der Waals surface area contributed by atoms with Crippen molar-refractivity contribution >= 4 is 34.8 Å². The predicted octanol–water partition coefficient (Wildman–Crippen LogP) is 4.81. The lowest BCUT2D eigenvalue weighted by Gasteiger charge is -2.07. The van der Waals surface area contributed by atoms with Crippen molar-refractivity contribution in [1.29, 1.82) is 0 Å². The first-order valence-corrected chi connectivity index (χ1v) is 6.71. The molecule has 0 fully saturated rings. The Morgan fingerprint density at radius 3 is 2.42 bits per heavy atom. The highest BCUT2D eigenvalue weighted by molar-refractivity contribution is 6.36. The highest BCUT2D eigenvalue weighted by Crippen LogP contribution is 2.22. The Bertz CT molecular complexity index is 594. The van der Waals surface area contributed by atoms with E-state index in [-0.39, 0.29) is 5.91 Å². The summed E-state index contributed by atoms with van der Waals surface area (Å²) in [6.07, 6.45) is 0.967. The molecule has 2 nitrogen and oxygen atoms in total. The van der Waals surface area contributed by atoms with Gasteiger partial charge in [-0.1, -0.05) is 42.3 Å². The number of carbonyl (C=O) groups excluding carboxylic acids is 1. The van der Waals surface area contributed by atoms with E-state index in [1.54, 1.807) is 18.2 Å². The van der Waals surface area contributed by atoms with Gasteiger partial charge in [0.1, 0.15) is 0 Å². The number of hydrogen-bond donors (Lipinski definition) is 1. The van der Waals surface area contributed by atoms with Crippen LogP contribution in [0.4, 0.5) is 5.69 Å². The van der Waals surface area contributed by atoms with Gasteiger partial charge in [-0.25, -0.2) is 0 Å². The maximum absolute atomic E-state index is 12.1.